The number of pyridine rings is 1. The minimum atomic E-state index is 0.953. The number of rotatable bonds is 1. The number of para-hydroxylation sites is 2. The summed E-state index contributed by atoms with van der Waals surface area (Å²) >= 11 is 0. The predicted molar refractivity (Wildman–Crippen MR) is 76.8 cm³/mol. The van der Waals surface area contributed by atoms with E-state index in [-0.39, 0.29) is 0 Å². The van der Waals surface area contributed by atoms with Crippen molar-refractivity contribution in [2.24, 2.45) is 0 Å². The van der Waals surface area contributed by atoms with Gasteiger partial charge < -0.3 is 0 Å². The molecule has 0 unspecified atom stereocenters. The average Bonchev–Trinajstić information content (AvgIpc) is 2.91. The minimum Gasteiger partial charge on any atom is -0.277 e. The Morgan fingerprint density at radius 2 is 1.74 bits per heavy atom. The fraction of sp³-hybridized carbons (Fsp3) is 0. The third-order valence-corrected chi connectivity index (χ3v) is 3.33. The van der Waals surface area contributed by atoms with Gasteiger partial charge in [0.25, 0.3) is 0 Å². The minimum absolute atomic E-state index is 0.953. The lowest BCUT2D eigenvalue weighted by molar-refractivity contribution is 1.12. The van der Waals surface area contributed by atoms with Crippen LogP contribution in [0.2, 0.25) is 0 Å². The molecule has 1 N–H and O–H groups in total. The number of nitrogens with one attached hydrogen (secondary N) is 1. The number of benzene rings is 2. The highest BCUT2D eigenvalue weighted by Gasteiger charge is 2.08. The number of hydrogen-bond acceptors (Lipinski definition) is 2. The summed E-state index contributed by atoms with van der Waals surface area (Å²) in [6.07, 6.45) is 1.88. The van der Waals surface area contributed by atoms with Crippen LogP contribution in [-0.2, 0) is 0 Å². The van der Waals surface area contributed by atoms with E-state index in [9.17, 15) is 0 Å². The molecule has 90 valence electrons. The van der Waals surface area contributed by atoms with Crippen LogP contribution < -0.4 is 0 Å². The lowest BCUT2D eigenvalue weighted by Gasteiger charge is -2.00. The van der Waals surface area contributed by atoms with Crippen molar-refractivity contribution in [3.63, 3.8) is 0 Å². The highest BCUT2D eigenvalue weighted by molar-refractivity contribution is 5.94. The van der Waals surface area contributed by atoms with Crippen molar-refractivity contribution in [1.29, 1.82) is 0 Å². The van der Waals surface area contributed by atoms with Crippen LogP contribution in [0.5, 0.6) is 0 Å². The Labute approximate surface area is 109 Å². The molecule has 2 aromatic carbocycles. The summed E-state index contributed by atoms with van der Waals surface area (Å²) < 4.78 is 0. The number of H-pyrrole nitrogens is 1. The van der Waals surface area contributed by atoms with Gasteiger partial charge in [0, 0.05) is 22.5 Å². The summed E-state index contributed by atoms with van der Waals surface area (Å²) in [5, 5.41) is 9.72. The zero-order chi connectivity index (χ0) is 12.7. The number of nitrogens with zero attached hydrogens (tertiary/aromatic N) is 2. The molecule has 4 rings (SSSR count). The maximum atomic E-state index is 4.49. The van der Waals surface area contributed by atoms with Crippen molar-refractivity contribution in [1.82, 2.24) is 15.2 Å². The second-order valence-electron chi connectivity index (χ2n) is 4.53. The number of fused-ring (bicyclic) bond motifs is 2. The average molecular weight is 245 g/mol. The first-order chi connectivity index (χ1) is 9.42. The molecule has 0 saturated heterocycles. The van der Waals surface area contributed by atoms with E-state index in [4.69, 9.17) is 0 Å². The largest absolute Gasteiger partial charge is 0.277 e. The van der Waals surface area contributed by atoms with E-state index in [1.54, 1.807) is 0 Å². The van der Waals surface area contributed by atoms with E-state index in [1.165, 1.54) is 0 Å². The maximum Gasteiger partial charge on any atom is 0.101 e. The van der Waals surface area contributed by atoms with E-state index in [1.807, 2.05) is 42.6 Å². The predicted octanol–water partition coefficient (Wildman–Crippen LogP) is 3.78. The second kappa shape index (κ2) is 3.92. The molecule has 19 heavy (non-hydrogen) atoms. The Bertz CT molecular complexity index is 877. The van der Waals surface area contributed by atoms with Crippen molar-refractivity contribution in [2.75, 3.05) is 0 Å². The van der Waals surface area contributed by atoms with Gasteiger partial charge >= 0.3 is 0 Å². The first-order valence-electron chi connectivity index (χ1n) is 6.20. The number of hydrogen-bond donors (Lipinski definition) is 1. The Balaban J connectivity index is 1.99. The molecule has 3 nitrogen and oxygen atoms in total. The number of aromatic amines is 1. The van der Waals surface area contributed by atoms with Crippen LogP contribution in [0.1, 0.15) is 0 Å². The molecule has 4 aromatic rings. The first kappa shape index (κ1) is 10.3. The third kappa shape index (κ3) is 1.59. The van der Waals surface area contributed by atoms with Crippen LogP contribution in [0.15, 0.2) is 60.8 Å². The van der Waals surface area contributed by atoms with Crippen molar-refractivity contribution in [2.45, 2.75) is 0 Å². The summed E-state index contributed by atoms with van der Waals surface area (Å²) in [5.74, 6) is 0. The normalized spacial score (nSPS) is 11.2. The highest BCUT2D eigenvalue weighted by atomic mass is 15.1. The van der Waals surface area contributed by atoms with Gasteiger partial charge in [0.15, 0.2) is 0 Å². The molecule has 0 saturated carbocycles. The van der Waals surface area contributed by atoms with Gasteiger partial charge in [-0.2, -0.15) is 5.10 Å². The topological polar surface area (TPSA) is 41.6 Å². The molecular formula is C16H11N3. The van der Waals surface area contributed by atoms with E-state index in [0.29, 0.717) is 0 Å². The number of aromatic nitrogens is 3. The molecule has 3 heteroatoms. The van der Waals surface area contributed by atoms with Crippen LogP contribution in [-0.4, -0.2) is 15.2 Å². The zero-order valence-corrected chi connectivity index (χ0v) is 10.2. The smallest absolute Gasteiger partial charge is 0.101 e. The standard InChI is InChI=1S/C16H11N3/c1-3-7-14-11(5-1)9-12(10-17-14)16-13-6-2-4-8-15(13)18-19-16/h1-10H,(H,18,19). The Morgan fingerprint density at radius 1 is 0.895 bits per heavy atom. The molecule has 0 radical (unpaired) electrons. The van der Waals surface area contributed by atoms with Gasteiger partial charge in [0.05, 0.1) is 11.0 Å². The van der Waals surface area contributed by atoms with Gasteiger partial charge in [-0.1, -0.05) is 36.4 Å². The summed E-state index contributed by atoms with van der Waals surface area (Å²) in [6, 6.07) is 18.4. The second-order valence-corrected chi connectivity index (χ2v) is 4.53. The molecule has 0 amide bonds. The van der Waals surface area contributed by atoms with Crippen molar-refractivity contribution in [3.05, 3.63) is 60.8 Å². The van der Waals surface area contributed by atoms with Gasteiger partial charge in [0.2, 0.25) is 0 Å². The molecule has 0 atom stereocenters. The molecule has 2 heterocycles. The fourth-order valence-electron chi connectivity index (χ4n) is 2.38. The van der Waals surface area contributed by atoms with Crippen LogP contribution >= 0.6 is 0 Å². The van der Waals surface area contributed by atoms with Crippen LogP contribution in [0.25, 0.3) is 33.1 Å². The monoisotopic (exact) mass is 245 g/mol. The van der Waals surface area contributed by atoms with Crippen molar-refractivity contribution in [3.8, 4) is 11.3 Å². The Hall–Kier alpha value is -2.68. The lowest BCUT2D eigenvalue weighted by atomic mass is 10.1. The Morgan fingerprint density at radius 3 is 2.74 bits per heavy atom. The first-order valence-corrected chi connectivity index (χ1v) is 6.20. The van der Waals surface area contributed by atoms with Gasteiger partial charge in [-0.25, -0.2) is 0 Å². The lowest BCUT2D eigenvalue weighted by Crippen LogP contribution is -1.83. The van der Waals surface area contributed by atoms with E-state index in [0.717, 1.165) is 33.1 Å². The van der Waals surface area contributed by atoms with Crippen LogP contribution in [0, 0.1) is 0 Å². The van der Waals surface area contributed by atoms with Crippen LogP contribution in [0.4, 0.5) is 0 Å². The molecule has 0 aliphatic rings. The maximum absolute atomic E-state index is 4.49. The van der Waals surface area contributed by atoms with Gasteiger partial charge in [-0.15, -0.1) is 0 Å². The van der Waals surface area contributed by atoms with E-state index in [2.05, 4.69) is 33.4 Å². The van der Waals surface area contributed by atoms with Gasteiger partial charge in [-0.3, -0.25) is 10.1 Å². The Kier molecular flexibility index (Phi) is 2.12. The van der Waals surface area contributed by atoms with Crippen LogP contribution in [0.3, 0.4) is 0 Å². The molecule has 0 aliphatic carbocycles. The molecule has 0 fully saturated rings. The van der Waals surface area contributed by atoms with Gasteiger partial charge in [0.1, 0.15) is 5.69 Å². The van der Waals surface area contributed by atoms with Crippen molar-refractivity contribution >= 4 is 21.8 Å². The van der Waals surface area contributed by atoms with E-state index >= 15 is 0 Å². The molecule has 2 aromatic heterocycles. The zero-order valence-electron chi connectivity index (χ0n) is 10.2. The van der Waals surface area contributed by atoms with Gasteiger partial charge in [-0.05, 0) is 18.2 Å². The summed E-state index contributed by atoms with van der Waals surface area (Å²) in [7, 11) is 0. The van der Waals surface area contributed by atoms with Crippen molar-refractivity contribution < 1.29 is 0 Å². The fourth-order valence-corrected chi connectivity index (χ4v) is 2.38. The highest BCUT2D eigenvalue weighted by Crippen LogP contribution is 2.27. The summed E-state index contributed by atoms with van der Waals surface area (Å²) in [6.45, 7) is 0. The quantitative estimate of drug-likeness (QED) is 0.554. The summed E-state index contributed by atoms with van der Waals surface area (Å²) in [5.41, 5.74) is 4.04. The summed E-state index contributed by atoms with van der Waals surface area (Å²) in [4.78, 5) is 4.49. The molecule has 0 aliphatic heterocycles. The molecule has 0 bridgehead atoms. The molecule has 0 spiro atoms. The SMILES string of the molecule is c1ccc2ncc(-c3n[nH]c4ccccc34)cc2c1. The van der Waals surface area contributed by atoms with E-state index < -0.39 is 0 Å². The molecular weight excluding hydrogens is 234 g/mol. The third-order valence-electron chi connectivity index (χ3n) is 3.33.